The van der Waals surface area contributed by atoms with E-state index in [9.17, 15) is 14.4 Å². The molecule has 0 unspecified atom stereocenters. The number of nitrogens with one attached hydrogen (secondary N) is 1. The van der Waals surface area contributed by atoms with Crippen molar-refractivity contribution >= 4 is 40.0 Å². The van der Waals surface area contributed by atoms with Gasteiger partial charge in [-0.05, 0) is 37.6 Å². The number of aryl methyl sites for hydroxylation is 2. The number of carbonyl (C=O) groups excluding carboxylic acids is 1. The van der Waals surface area contributed by atoms with E-state index >= 15 is 0 Å². The lowest BCUT2D eigenvalue weighted by Gasteiger charge is -2.07. The lowest BCUT2D eigenvalue weighted by atomic mass is 10.1. The Hall–Kier alpha value is -4.12. The molecule has 11 heteroatoms. The normalized spacial score (nSPS) is 11.0. The van der Waals surface area contributed by atoms with Crippen LogP contribution in [0.5, 0.6) is 0 Å². The molecule has 0 aliphatic heterocycles. The van der Waals surface area contributed by atoms with Gasteiger partial charge in [0, 0.05) is 6.54 Å². The summed E-state index contributed by atoms with van der Waals surface area (Å²) in [6.45, 7) is 8.69. The van der Waals surface area contributed by atoms with Gasteiger partial charge in [-0.15, -0.1) is 0 Å². The number of H-pyrrole nitrogens is 1. The molecule has 10 nitrogen and oxygen atoms in total. The molecule has 2 aromatic carbocycles. The Labute approximate surface area is 222 Å². The van der Waals surface area contributed by atoms with Gasteiger partial charge in [0.2, 0.25) is 0 Å². The van der Waals surface area contributed by atoms with E-state index in [0.29, 0.717) is 51.2 Å². The summed E-state index contributed by atoms with van der Waals surface area (Å²) in [4.78, 5) is 48.8. The summed E-state index contributed by atoms with van der Waals surface area (Å²) in [5.41, 5.74) is 3.20. The predicted molar refractivity (Wildman–Crippen MR) is 147 cm³/mol. The molecule has 1 N–H and O–H groups in total. The van der Waals surface area contributed by atoms with Gasteiger partial charge in [-0.2, -0.15) is 0 Å². The molecule has 198 valence electrons. The van der Waals surface area contributed by atoms with Gasteiger partial charge < -0.3 is 13.7 Å². The first kappa shape index (κ1) is 26.9. The third-order valence-electron chi connectivity index (χ3n) is 5.86. The molecule has 0 fully saturated rings. The molecule has 0 radical (unpaired) electrons. The zero-order valence-corrected chi connectivity index (χ0v) is 22.7. The smallest absolute Gasteiger partial charge is 0.337 e. The standard InChI is InChI=1S/C25H23N5O5S.C2H6/c1-4-29-19(13-36-25-26-17-11-16(23(32)34-3)9-10-18(17)35-25)27-21-20(29)22(31)28-24(33)30(21)12-15-7-5-14(2)6-8-15;1-2/h5-11H,4,12-13H2,1-3H3,(H,28,31,33);1-2H3. The summed E-state index contributed by atoms with van der Waals surface area (Å²) < 4.78 is 13.8. The SMILES string of the molecule is CC.CCn1c(CSc2nc3cc(C(=O)OC)ccc3o2)nc2c1c(=O)[nH]c(=O)n2Cc1ccc(C)cc1. The number of fused-ring (bicyclic) bond motifs is 2. The van der Waals surface area contributed by atoms with Crippen LogP contribution in [0.25, 0.3) is 22.3 Å². The zero-order valence-electron chi connectivity index (χ0n) is 21.9. The summed E-state index contributed by atoms with van der Waals surface area (Å²) in [5.74, 6) is 0.522. The number of benzene rings is 2. The minimum Gasteiger partial charge on any atom is -0.465 e. The van der Waals surface area contributed by atoms with E-state index in [4.69, 9.17) is 14.1 Å². The lowest BCUT2D eigenvalue weighted by molar-refractivity contribution is 0.0601. The summed E-state index contributed by atoms with van der Waals surface area (Å²) in [5, 5.41) is 0.396. The Morgan fingerprint density at radius 2 is 1.82 bits per heavy atom. The van der Waals surface area contributed by atoms with E-state index in [1.54, 1.807) is 22.8 Å². The summed E-state index contributed by atoms with van der Waals surface area (Å²) >= 11 is 1.31. The molecular weight excluding hydrogens is 506 g/mol. The molecule has 3 heterocycles. The summed E-state index contributed by atoms with van der Waals surface area (Å²) in [6, 6.07) is 12.7. The molecule has 5 aromatic rings. The van der Waals surface area contributed by atoms with Crippen LogP contribution in [0.4, 0.5) is 0 Å². The first-order valence-corrected chi connectivity index (χ1v) is 13.3. The number of nitrogens with zero attached hydrogens (tertiary/aromatic N) is 4. The topological polar surface area (TPSA) is 125 Å². The van der Waals surface area contributed by atoms with E-state index in [1.807, 2.05) is 52.0 Å². The highest BCUT2D eigenvalue weighted by Crippen LogP contribution is 2.27. The van der Waals surface area contributed by atoms with E-state index in [2.05, 4.69) is 9.97 Å². The van der Waals surface area contributed by atoms with Crippen LogP contribution in [0.2, 0.25) is 0 Å². The number of ether oxygens (including phenoxy) is 1. The number of aromatic amines is 1. The number of hydrogen-bond acceptors (Lipinski definition) is 8. The second kappa shape index (κ2) is 11.5. The van der Waals surface area contributed by atoms with Gasteiger partial charge in [-0.1, -0.05) is 55.4 Å². The number of esters is 1. The van der Waals surface area contributed by atoms with Crippen molar-refractivity contribution in [3.8, 4) is 0 Å². The van der Waals surface area contributed by atoms with Gasteiger partial charge >= 0.3 is 11.7 Å². The highest BCUT2D eigenvalue weighted by atomic mass is 32.2. The number of methoxy groups -OCH3 is 1. The van der Waals surface area contributed by atoms with Crippen molar-refractivity contribution in [1.82, 2.24) is 24.1 Å². The van der Waals surface area contributed by atoms with Gasteiger partial charge in [0.25, 0.3) is 10.8 Å². The number of carbonyl (C=O) groups is 1. The minimum absolute atomic E-state index is 0.285. The maximum atomic E-state index is 12.7. The van der Waals surface area contributed by atoms with Gasteiger partial charge in [0.1, 0.15) is 11.3 Å². The fraction of sp³-hybridized carbons (Fsp3) is 0.296. The Kier molecular flexibility index (Phi) is 8.16. The number of thioether (sulfide) groups is 1. The van der Waals surface area contributed by atoms with Crippen LogP contribution in [-0.2, 0) is 23.6 Å². The molecule has 38 heavy (non-hydrogen) atoms. The van der Waals surface area contributed by atoms with Gasteiger partial charge in [0.15, 0.2) is 16.7 Å². The number of hydrogen-bond donors (Lipinski definition) is 1. The molecule has 0 saturated carbocycles. The molecule has 0 bridgehead atoms. The van der Waals surface area contributed by atoms with E-state index in [-0.39, 0.29) is 6.54 Å². The fourth-order valence-electron chi connectivity index (χ4n) is 4.03. The van der Waals surface area contributed by atoms with Crippen LogP contribution in [-0.4, -0.2) is 37.2 Å². The van der Waals surface area contributed by atoms with Crippen LogP contribution in [0.1, 0.15) is 48.1 Å². The largest absolute Gasteiger partial charge is 0.465 e. The van der Waals surface area contributed by atoms with Crippen molar-refractivity contribution in [2.24, 2.45) is 0 Å². The van der Waals surface area contributed by atoms with Crippen LogP contribution in [0.3, 0.4) is 0 Å². The summed E-state index contributed by atoms with van der Waals surface area (Å²) in [6.07, 6.45) is 0. The van der Waals surface area contributed by atoms with Crippen molar-refractivity contribution < 1.29 is 13.9 Å². The minimum atomic E-state index is -0.506. The highest BCUT2D eigenvalue weighted by molar-refractivity contribution is 7.98. The van der Waals surface area contributed by atoms with Crippen LogP contribution in [0, 0.1) is 6.92 Å². The molecule has 0 atom stereocenters. The first-order valence-electron chi connectivity index (χ1n) is 12.3. The average Bonchev–Trinajstić information content (AvgIpc) is 3.52. The average molecular weight is 536 g/mol. The summed E-state index contributed by atoms with van der Waals surface area (Å²) in [7, 11) is 1.32. The lowest BCUT2D eigenvalue weighted by Crippen LogP contribution is -2.31. The number of aromatic nitrogens is 5. The molecule has 0 saturated heterocycles. The molecular formula is C27H29N5O5S. The Morgan fingerprint density at radius 3 is 2.50 bits per heavy atom. The number of imidazole rings is 1. The molecule has 5 rings (SSSR count). The molecule has 0 aliphatic carbocycles. The van der Waals surface area contributed by atoms with E-state index in [1.165, 1.54) is 23.4 Å². The number of rotatable bonds is 7. The first-order chi connectivity index (χ1) is 18.4. The van der Waals surface area contributed by atoms with Crippen molar-refractivity contribution in [2.75, 3.05) is 7.11 Å². The third-order valence-corrected chi connectivity index (χ3v) is 6.68. The van der Waals surface area contributed by atoms with Gasteiger partial charge in [-0.3, -0.25) is 14.3 Å². The van der Waals surface area contributed by atoms with Crippen molar-refractivity contribution in [2.45, 2.75) is 51.8 Å². The second-order valence-corrected chi connectivity index (χ2v) is 9.14. The highest BCUT2D eigenvalue weighted by Gasteiger charge is 2.19. The van der Waals surface area contributed by atoms with Crippen LogP contribution in [0.15, 0.2) is 61.7 Å². The maximum Gasteiger partial charge on any atom is 0.337 e. The van der Waals surface area contributed by atoms with Gasteiger partial charge in [-0.25, -0.2) is 19.6 Å². The van der Waals surface area contributed by atoms with Gasteiger partial charge in [0.05, 0.1) is 25.0 Å². The quantitative estimate of drug-likeness (QED) is 0.238. The number of oxazole rings is 1. The molecule has 0 spiro atoms. The van der Waals surface area contributed by atoms with Crippen molar-refractivity contribution in [3.63, 3.8) is 0 Å². The van der Waals surface area contributed by atoms with Crippen molar-refractivity contribution in [1.29, 1.82) is 0 Å². The maximum absolute atomic E-state index is 12.7. The molecule has 3 aromatic heterocycles. The van der Waals surface area contributed by atoms with Crippen LogP contribution < -0.4 is 11.2 Å². The zero-order chi connectivity index (χ0) is 27.4. The predicted octanol–water partition coefficient (Wildman–Crippen LogP) is 4.51. The fourth-order valence-corrected chi connectivity index (χ4v) is 4.81. The van der Waals surface area contributed by atoms with E-state index < -0.39 is 17.2 Å². The molecule has 0 aliphatic rings. The monoisotopic (exact) mass is 535 g/mol. The second-order valence-electron chi connectivity index (χ2n) is 8.22. The third kappa shape index (κ3) is 5.28. The Morgan fingerprint density at radius 1 is 1.08 bits per heavy atom. The molecule has 0 amide bonds. The van der Waals surface area contributed by atoms with Crippen LogP contribution >= 0.6 is 11.8 Å². The van der Waals surface area contributed by atoms with E-state index in [0.717, 1.165) is 11.1 Å². The Bertz CT molecular complexity index is 1710. The Balaban J connectivity index is 0.00000164. The van der Waals surface area contributed by atoms with Crippen molar-refractivity contribution in [3.05, 3.63) is 85.8 Å².